The van der Waals surface area contributed by atoms with Gasteiger partial charge in [-0.2, -0.15) is 49.0 Å². The second kappa shape index (κ2) is 19.7. The van der Waals surface area contributed by atoms with Crippen molar-refractivity contribution in [2.24, 2.45) is 30.7 Å². The third-order valence-electron chi connectivity index (χ3n) is 10.6. The van der Waals surface area contributed by atoms with Crippen LogP contribution in [0.1, 0.15) is 31.8 Å². The number of nitrogens with two attached hydrogens (primary N) is 4. The zero-order valence-electron chi connectivity index (χ0n) is 37.5. The monoisotopic (exact) mass is 1100 g/mol. The maximum absolute atomic E-state index is 13.9. The Labute approximate surface area is 424 Å². The molecule has 6 aromatic carbocycles. The number of ketones is 2. The number of carbonyl (C=O) groups is 2. The first kappa shape index (κ1) is 52.2. The van der Waals surface area contributed by atoms with Gasteiger partial charge in [-0.15, -0.1) is 15.3 Å². The molecule has 75 heavy (non-hydrogen) atoms. The lowest BCUT2D eigenvalue weighted by Crippen LogP contribution is -2.27. The Kier molecular flexibility index (Phi) is 13.8. The summed E-state index contributed by atoms with van der Waals surface area (Å²) in [5, 5.41) is 26.4. The Hall–Kier alpha value is -9.08. The van der Waals surface area contributed by atoms with Crippen LogP contribution in [-0.2, 0) is 40.5 Å². The minimum Gasteiger partial charge on any atom is -0.399 e. The molecule has 0 aliphatic heterocycles. The predicted octanol–water partition coefficient (Wildman–Crippen LogP) is 6.87. The second-order valence-electron chi connectivity index (χ2n) is 15.8. The number of nitrogens with zero attached hydrogens (tertiary/aromatic N) is 6. The van der Waals surface area contributed by atoms with Crippen LogP contribution in [0.3, 0.4) is 0 Å². The van der Waals surface area contributed by atoms with Crippen LogP contribution >= 0.6 is 0 Å². The highest BCUT2D eigenvalue weighted by atomic mass is 32.2. The molecule has 0 saturated carbocycles. The minimum atomic E-state index is -5.32. The van der Waals surface area contributed by atoms with Gasteiger partial charge in [0.1, 0.15) is 36.7 Å². The van der Waals surface area contributed by atoms with Crippen LogP contribution in [0.15, 0.2) is 159 Å². The van der Waals surface area contributed by atoms with Crippen molar-refractivity contribution in [1.29, 1.82) is 0 Å². The number of nitrogens with one attached hydrogen (secondary N) is 3. The van der Waals surface area contributed by atoms with Crippen LogP contribution in [0, 0.1) is 0 Å². The number of hydrogen-bond donors (Lipinski definition) is 11. The number of azo groups is 2. The molecule has 0 spiro atoms. The fourth-order valence-corrected chi connectivity index (χ4v) is 9.73. The van der Waals surface area contributed by atoms with E-state index in [1.54, 1.807) is 6.07 Å². The summed E-state index contributed by atoms with van der Waals surface area (Å²) in [4.78, 5) is 23.9. The van der Waals surface area contributed by atoms with Crippen LogP contribution in [-0.4, -0.2) is 74.9 Å². The van der Waals surface area contributed by atoms with E-state index in [9.17, 15) is 61.5 Å². The van der Waals surface area contributed by atoms with E-state index in [0.29, 0.717) is 23.5 Å². The molecule has 0 unspecified atom stereocenters. The van der Waals surface area contributed by atoms with Gasteiger partial charge in [-0.25, -0.2) is 0 Å². The molecule has 0 amide bonds. The van der Waals surface area contributed by atoms with Crippen molar-refractivity contribution in [2.75, 3.05) is 39.1 Å². The number of fused-ring (bicyclic) bond motifs is 2. The van der Waals surface area contributed by atoms with Gasteiger partial charge < -0.3 is 28.3 Å². The van der Waals surface area contributed by atoms with Crippen molar-refractivity contribution in [3.05, 3.63) is 141 Å². The molecule has 2 aliphatic carbocycles. The zero-order chi connectivity index (χ0) is 54.4. The molecule has 0 fully saturated rings. The molecule has 0 atom stereocenters. The molecule has 6 aromatic rings. The van der Waals surface area contributed by atoms with E-state index < -0.39 is 99.9 Å². The number of hydrazone groups is 2. The van der Waals surface area contributed by atoms with Gasteiger partial charge in [-0.1, -0.05) is 6.07 Å². The molecule has 0 radical (unpaired) electrons. The predicted molar refractivity (Wildman–Crippen MR) is 277 cm³/mol. The number of Topliss-reactive ketones (excluding diaryl/α,β-unsaturated/α-hetero) is 2. The molecule has 31 heteroatoms. The topological polar surface area (TPSA) is 466 Å². The van der Waals surface area contributed by atoms with Crippen LogP contribution < -0.4 is 39.1 Å². The fourth-order valence-electron chi connectivity index (χ4n) is 7.10. The molecule has 0 aromatic heterocycles. The van der Waals surface area contributed by atoms with Crippen molar-refractivity contribution < 1.29 is 61.5 Å². The van der Waals surface area contributed by atoms with Gasteiger partial charge in [0.2, 0.25) is 11.6 Å². The summed E-state index contributed by atoms with van der Waals surface area (Å²) in [7, 11) is -20.5. The molecule has 27 nitrogen and oxygen atoms in total. The molecule has 0 saturated heterocycles. The molecular weight excluding hydrogens is 1060 g/mol. The lowest BCUT2D eigenvalue weighted by molar-refractivity contribution is 0.105. The van der Waals surface area contributed by atoms with Crippen molar-refractivity contribution in [3.63, 3.8) is 0 Å². The van der Waals surface area contributed by atoms with E-state index in [4.69, 9.17) is 22.9 Å². The summed E-state index contributed by atoms with van der Waals surface area (Å²) >= 11 is 0. The van der Waals surface area contributed by atoms with Crippen LogP contribution in [0.4, 0.5) is 68.2 Å². The number of hydrogen-bond acceptors (Lipinski definition) is 23. The summed E-state index contributed by atoms with van der Waals surface area (Å²) in [5.74, 6) is -2.15. The first-order valence-corrected chi connectivity index (χ1v) is 26.5. The SMILES string of the molecule is Nc1ccc(N=Nc2ccc3c(c2)C(=O)C(=NNc2ccc(Nc4ccc(NN=C5C(=O)c6cc(N=Nc7ccc(N)cc7N)c(S(=O)(=O)O)cc6C=C5S(=O)(=O)O)cc4S(=O)(=O)O)cc2)C(S(=O)(=O)O)=C3)c(N)c1. The molecule has 384 valence electrons. The maximum atomic E-state index is 13.9. The Morgan fingerprint density at radius 1 is 0.427 bits per heavy atom. The fraction of sp³-hybridized carbons (Fsp3) is 0. The normalized spacial score (nSPS) is 15.2. The van der Waals surface area contributed by atoms with Crippen LogP contribution in [0.2, 0.25) is 0 Å². The van der Waals surface area contributed by atoms with E-state index >= 15 is 0 Å². The average Bonchev–Trinajstić information content (AvgIpc) is 3.32. The summed E-state index contributed by atoms with van der Waals surface area (Å²) < 4.78 is 140. The van der Waals surface area contributed by atoms with Gasteiger partial charge in [-0.3, -0.25) is 38.7 Å². The third kappa shape index (κ3) is 11.6. The molecule has 8 rings (SSSR count). The first-order valence-electron chi connectivity index (χ1n) is 20.7. The van der Waals surface area contributed by atoms with Gasteiger partial charge in [0.15, 0.2) is 11.4 Å². The highest BCUT2D eigenvalue weighted by Crippen LogP contribution is 2.37. The Balaban J connectivity index is 1.03. The second-order valence-corrected chi connectivity index (χ2v) is 21.4. The average molecular weight is 1100 g/mol. The van der Waals surface area contributed by atoms with Crippen molar-refractivity contribution in [3.8, 4) is 0 Å². The first-order chi connectivity index (χ1) is 35.1. The third-order valence-corrected chi connectivity index (χ3v) is 14.1. The van der Waals surface area contributed by atoms with E-state index in [2.05, 4.69) is 46.8 Å². The van der Waals surface area contributed by atoms with Crippen molar-refractivity contribution >= 4 is 144 Å². The molecule has 0 bridgehead atoms. The van der Waals surface area contributed by atoms with Gasteiger partial charge in [0, 0.05) is 28.2 Å². The van der Waals surface area contributed by atoms with E-state index in [1.807, 2.05) is 0 Å². The Morgan fingerprint density at radius 3 is 1.44 bits per heavy atom. The summed E-state index contributed by atoms with van der Waals surface area (Å²) in [6, 6.07) is 23.0. The number of nitrogen functional groups attached to an aromatic ring is 4. The number of rotatable bonds is 14. The highest BCUT2D eigenvalue weighted by Gasteiger charge is 2.36. The van der Waals surface area contributed by atoms with Gasteiger partial charge in [-0.05, 0) is 126 Å². The Bertz CT molecular complexity index is 4120. The van der Waals surface area contributed by atoms with Crippen molar-refractivity contribution in [1.82, 2.24) is 0 Å². The summed E-state index contributed by atoms with van der Waals surface area (Å²) in [5.41, 5.74) is 26.3. The summed E-state index contributed by atoms with van der Waals surface area (Å²) in [6.07, 6.45) is 1.72. The number of anilines is 8. The highest BCUT2D eigenvalue weighted by molar-refractivity contribution is 7.91. The standard InChI is InChI=1S/C44H35N13O14S4/c45-23-2-10-33(31(47)16-23)53-51-27-4-1-21-13-39(74(66,67)68)41(43(58)29(21)18-27)56-50-26-7-5-25(6-8-26)49-35-12-9-28(19-38(35)73(63,64)65)52-57-42-40(75(69,70)71)15-22-14-37(72(60,61)62)36(20-30(22)44(42)59)55-54-34-11-3-24(46)17-32(34)48/h1-20,49-50,52H,45-48H2,(H,60,61,62)(H,63,64,65)(H,66,67,68)(H,69,70,71). The molecule has 2 aliphatic rings. The number of benzene rings is 6. The van der Waals surface area contributed by atoms with Gasteiger partial charge in [0.25, 0.3) is 40.5 Å². The zero-order valence-corrected chi connectivity index (χ0v) is 40.8. The van der Waals surface area contributed by atoms with Gasteiger partial charge in [0.05, 0.1) is 34.1 Å². The lowest BCUT2D eigenvalue weighted by atomic mass is 9.94. The van der Waals surface area contributed by atoms with Gasteiger partial charge >= 0.3 is 0 Å². The lowest BCUT2D eigenvalue weighted by Gasteiger charge is -2.18. The minimum absolute atomic E-state index is 0.0117. The molecule has 0 heterocycles. The molecule has 15 N–H and O–H groups in total. The quantitative estimate of drug-likeness (QED) is 0.0229. The van der Waals surface area contributed by atoms with Crippen molar-refractivity contribution in [2.45, 2.75) is 9.79 Å². The Morgan fingerprint density at radius 2 is 0.907 bits per heavy atom. The summed E-state index contributed by atoms with van der Waals surface area (Å²) in [6.45, 7) is 0. The number of carbonyl (C=O) groups excluding carboxylic acids is 2. The largest absolute Gasteiger partial charge is 0.399 e. The number of allylic oxidation sites excluding steroid dienone is 2. The van der Waals surface area contributed by atoms with E-state index in [1.165, 1.54) is 78.9 Å². The maximum Gasteiger partial charge on any atom is 0.296 e. The molecular formula is C44H35N13O14S4. The smallest absolute Gasteiger partial charge is 0.296 e. The van der Waals surface area contributed by atoms with E-state index in [-0.39, 0.29) is 62.3 Å². The van der Waals surface area contributed by atoms with E-state index in [0.717, 1.165) is 24.3 Å². The van der Waals surface area contributed by atoms with Crippen LogP contribution in [0.5, 0.6) is 0 Å². The van der Waals surface area contributed by atoms with Crippen LogP contribution in [0.25, 0.3) is 12.2 Å².